The number of amides is 3. The number of rotatable bonds is 4. The van der Waals surface area contributed by atoms with Crippen molar-refractivity contribution >= 4 is 23.6 Å². The lowest BCUT2D eigenvalue weighted by Gasteiger charge is -2.40. The number of guanidine groups is 1. The van der Waals surface area contributed by atoms with Crippen LogP contribution in [0.25, 0.3) is 0 Å². The first-order valence-corrected chi connectivity index (χ1v) is 10.8. The number of carbonyl (C=O) groups is 2. The average Bonchev–Trinajstić information content (AvgIpc) is 3.28. The molecule has 5 rings (SSSR count). The normalized spacial score (nSPS) is 26.7. The second-order valence-electron chi connectivity index (χ2n) is 8.42. The lowest BCUT2D eigenvalue weighted by atomic mass is 10.1. The Balaban J connectivity index is 1.38. The van der Waals surface area contributed by atoms with Crippen molar-refractivity contribution in [1.29, 1.82) is 0 Å². The number of fused-ring (bicyclic) bond motifs is 3. The zero-order chi connectivity index (χ0) is 20.8. The number of hydrogen-bond acceptors (Lipinski definition) is 6. The van der Waals surface area contributed by atoms with Crippen molar-refractivity contribution in [3.63, 3.8) is 0 Å². The molecule has 4 aliphatic heterocycles. The van der Waals surface area contributed by atoms with Crippen LogP contribution in [0.4, 0.5) is 10.5 Å². The van der Waals surface area contributed by atoms with Crippen molar-refractivity contribution in [2.45, 2.75) is 38.4 Å². The van der Waals surface area contributed by atoms with Gasteiger partial charge in [-0.15, -0.1) is 0 Å². The van der Waals surface area contributed by atoms with Crippen molar-refractivity contribution in [2.75, 3.05) is 38.1 Å². The fourth-order valence-electron chi connectivity index (χ4n) is 4.88. The summed E-state index contributed by atoms with van der Waals surface area (Å²) in [5, 5.41) is 0. The van der Waals surface area contributed by atoms with Gasteiger partial charge in [-0.05, 0) is 45.0 Å². The molecule has 0 aromatic heterocycles. The molecule has 0 radical (unpaired) electrons. The summed E-state index contributed by atoms with van der Waals surface area (Å²) in [6.45, 7) is 5.27. The van der Waals surface area contributed by atoms with Crippen LogP contribution in [0.15, 0.2) is 47.2 Å². The summed E-state index contributed by atoms with van der Waals surface area (Å²) < 4.78 is 0. The second-order valence-corrected chi connectivity index (χ2v) is 8.42. The van der Waals surface area contributed by atoms with E-state index in [2.05, 4.69) is 4.90 Å². The van der Waals surface area contributed by atoms with E-state index in [4.69, 9.17) is 4.99 Å². The van der Waals surface area contributed by atoms with Crippen LogP contribution >= 0.6 is 0 Å². The minimum absolute atomic E-state index is 0.155. The lowest BCUT2D eigenvalue weighted by molar-refractivity contribution is -0.136. The van der Waals surface area contributed by atoms with Gasteiger partial charge < -0.3 is 14.7 Å². The second kappa shape index (κ2) is 7.43. The molecule has 0 bridgehead atoms. The molecule has 0 saturated carbocycles. The number of para-hydroxylation sites is 1. The number of benzene rings is 1. The van der Waals surface area contributed by atoms with E-state index in [-0.39, 0.29) is 11.9 Å². The van der Waals surface area contributed by atoms with Crippen molar-refractivity contribution < 1.29 is 9.59 Å². The molecule has 30 heavy (non-hydrogen) atoms. The summed E-state index contributed by atoms with van der Waals surface area (Å²) in [6, 6.07) is 9.22. The summed E-state index contributed by atoms with van der Waals surface area (Å²) in [7, 11) is 1.75. The topological polar surface area (TPSA) is 62.7 Å². The summed E-state index contributed by atoms with van der Waals surface area (Å²) in [6.07, 6.45) is 5.12. The Morgan fingerprint density at radius 1 is 1.03 bits per heavy atom. The molecule has 2 atom stereocenters. The van der Waals surface area contributed by atoms with E-state index in [1.54, 1.807) is 11.9 Å². The van der Waals surface area contributed by atoms with Gasteiger partial charge in [-0.25, -0.2) is 9.79 Å². The number of urea groups is 1. The number of carbonyl (C=O) groups excluding carboxylic acids is 2. The van der Waals surface area contributed by atoms with Crippen LogP contribution in [0.3, 0.4) is 0 Å². The monoisotopic (exact) mass is 408 g/mol. The van der Waals surface area contributed by atoms with E-state index >= 15 is 0 Å². The summed E-state index contributed by atoms with van der Waals surface area (Å²) in [4.78, 5) is 40.6. The van der Waals surface area contributed by atoms with Crippen molar-refractivity contribution in [3.05, 3.63) is 42.2 Å². The molecule has 0 aliphatic carbocycles. The highest BCUT2D eigenvalue weighted by atomic mass is 16.2. The molecule has 0 N–H and O–H groups in total. The predicted molar refractivity (Wildman–Crippen MR) is 115 cm³/mol. The molecule has 2 fully saturated rings. The highest BCUT2D eigenvalue weighted by Gasteiger charge is 2.54. The molecular weight excluding hydrogens is 380 g/mol. The Hall–Kier alpha value is -2.87. The fourth-order valence-corrected chi connectivity index (χ4v) is 4.88. The van der Waals surface area contributed by atoms with Crippen LogP contribution in [0.2, 0.25) is 0 Å². The van der Waals surface area contributed by atoms with Crippen molar-refractivity contribution in [3.8, 4) is 0 Å². The van der Waals surface area contributed by atoms with Gasteiger partial charge in [0, 0.05) is 37.7 Å². The standard InChI is InChI=1S/C22H28N6O2/c1-16-15-27-18-19(23-21(27)28(16)17-9-5-3-6-10-17)24(2)22(30)26(20(18)29)14-13-25-11-7-4-8-12-25/h3,5-6,9-10,15,18-19H,4,7-8,11-14H2,1-2H3. The summed E-state index contributed by atoms with van der Waals surface area (Å²) in [5.41, 5.74) is 2.00. The summed E-state index contributed by atoms with van der Waals surface area (Å²) >= 11 is 0. The number of hydrogen-bond donors (Lipinski definition) is 0. The maximum absolute atomic E-state index is 13.4. The average molecular weight is 409 g/mol. The largest absolute Gasteiger partial charge is 0.328 e. The van der Waals surface area contributed by atoms with Gasteiger partial charge in [0.15, 0.2) is 12.2 Å². The smallest absolute Gasteiger partial charge is 0.302 e. The lowest BCUT2D eigenvalue weighted by Crippen LogP contribution is -2.65. The predicted octanol–water partition coefficient (Wildman–Crippen LogP) is 2.11. The highest BCUT2D eigenvalue weighted by Crippen LogP contribution is 2.36. The Morgan fingerprint density at radius 2 is 1.77 bits per heavy atom. The Bertz CT molecular complexity index is 907. The Labute approximate surface area is 177 Å². The van der Waals surface area contributed by atoms with E-state index in [1.807, 2.05) is 53.3 Å². The van der Waals surface area contributed by atoms with Crippen LogP contribution in [-0.2, 0) is 4.79 Å². The zero-order valence-electron chi connectivity index (χ0n) is 17.6. The fraction of sp³-hybridized carbons (Fsp3) is 0.500. The number of likely N-dealkylation sites (tertiary alicyclic amines) is 1. The van der Waals surface area contributed by atoms with Gasteiger partial charge >= 0.3 is 6.03 Å². The van der Waals surface area contributed by atoms with Crippen LogP contribution in [0, 0.1) is 0 Å². The number of nitrogens with zero attached hydrogens (tertiary/aromatic N) is 6. The van der Waals surface area contributed by atoms with Gasteiger partial charge in [0.05, 0.1) is 0 Å². The molecule has 0 spiro atoms. The third-order valence-corrected chi connectivity index (χ3v) is 6.49. The zero-order valence-corrected chi connectivity index (χ0v) is 17.6. The number of anilines is 1. The van der Waals surface area contributed by atoms with E-state index in [0.29, 0.717) is 12.5 Å². The van der Waals surface area contributed by atoms with Gasteiger partial charge in [0.25, 0.3) is 5.91 Å². The minimum Gasteiger partial charge on any atom is -0.302 e. The molecule has 2 saturated heterocycles. The van der Waals surface area contributed by atoms with Gasteiger partial charge in [-0.3, -0.25) is 14.6 Å². The van der Waals surface area contributed by atoms with Crippen molar-refractivity contribution in [2.24, 2.45) is 4.99 Å². The first-order chi connectivity index (χ1) is 14.6. The highest BCUT2D eigenvalue weighted by molar-refractivity contribution is 6.09. The van der Waals surface area contributed by atoms with Gasteiger partial charge in [0.2, 0.25) is 5.96 Å². The number of piperidine rings is 1. The number of likely N-dealkylation sites (N-methyl/N-ethyl adjacent to an activating group) is 1. The Kier molecular flexibility index (Phi) is 4.73. The molecule has 158 valence electrons. The molecule has 4 aliphatic rings. The number of allylic oxidation sites excluding steroid dienone is 1. The van der Waals surface area contributed by atoms with Gasteiger partial charge in [-0.2, -0.15) is 0 Å². The van der Waals surface area contributed by atoms with Crippen LogP contribution < -0.4 is 4.90 Å². The molecule has 1 aromatic rings. The van der Waals surface area contributed by atoms with Crippen molar-refractivity contribution in [1.82, 2.24) is 19.6 Å². The third kappa shape index (κ3) is 2.98. The maximum Gasteiger partial charge on any atom is 0.328 e. The minimum atomic E-state index is -0.507. The van der Waals surface area contributed by atoms with Crippen LogP contribution in [0.5, 0.6) is 0 Å². The van der Waals surface area contributed by atoms with Gasteiger partial charge in [0.1, 0.15) is 0 Å². The molecule has 1 aromatic carbocycles. The number of aliphatic imine (C=N–C) groups is 1. The molecule has 8 heteroatoms. The molecule has 4 heterocycles. The summed E-state index contributed by atoms with van der Waals surface area (Å²) in [5.74, 6) is 0.553. The maximum atomic E-state index is 13.4. The molecule has 3 amide bonds. The molecule has 2 unspecified atom stereocenters. The van der Waals surface area contributed by atoms with E-state index in [1.165, 1.54) is 24.2 Å². The van der Waals surface area contributed by atoms with E-state index in [0.717, 1.165) is 31.0 Å². The first-order valence-electron chi connectivity index (χ1n) is 10.8. The van der Waals surface area contributed by atoms with Crippen LogP contribution in [0.1, 0.15) is 26.2 Å². The number of imide groups is 1. The molecule has 8 nitrogen and oxygen atoms in total. The van der Waals surface area contributed by atoms with E-state index < -0.39 is 12.2 Å². The molecular formula is C22H28N6O2. The third-order valence-electron chi connectivity index (χ3n) is 6.49. The quantitative estimate of drug-likeness (QED) is 0.764. The van der Waals surface area contributed by atoms with Crippen LogP contribution in [-0.4, -0.2) is 82.9 Å². The van der Waals surface area contributed by atoms with Gasteiger partial charge in [-0.1, -0.05) is 24.6 Å². The first kappa shape index (κ1) is 19.1. The SMILES string of the molecule is CC1=CN2C(=NC3C2C(=O)N(CCN2CCCCC2)C(=O)N3C)N1c1ccccc1. The van der Waals surface area contributed by atoms with E-state index in [9.17, 15) is 9.59 Å². The Morgan fingerprint density at radius 3 is 2.50 bits per heavy atom.